The maximum atomic E-state index is 10.3. The molecule has 0 atom stereocenters. The third-order valence-corrected chi connectivity index (χ3v) is 3.40. The lowest BCUT2D eigenvalue weighted by Gasteiger charge is -2.01. The summed E-state index contributed by atoms with van der Waals surface area (Å²) in [5.41, 5.74) is 0. The van der Waals surface area contributed by atoms with Gasteiger partial charge in [-0.3, -0.25) is 4.79 Å². The highest BCUT2D eigenvalue weighted by molar-refractivity contribution is 5.66. The van der Waals surface area contributed by atoms with Crippen LogP contribution in [0.3, 0.4) is 0 Å². The molecule has 0 bridgehead atoms. The summed E-state index contributed by atoms with van der Waals surface area (Å²) in [6.45, 7) is 4.01. The Hall–Kier alpha value is -1.09. The second-order valence-corrected chi connectivity index (χ2v) is 5.62. The molecule has 3 heteroatoms. The fourth-order valence-corrected chi connectivity index (χ4v) is 2.06. The Balaban J connectivity index is 3.16. The van der Waals surface area contributed by atoms with E-state index < -0.39 is 5.97 Å². The summed E-state index contributed by atoms with van der Waals surface area (Å²) in [6.07, 6.45) is 20.0. The van der Waals surface area contributed by atoms with Crippen molar-refractivity contribution in [2.45, 2.75) is 77.6 Å². The molecule has 0 aliphatic carbocycles. The standard InChI is InChI=1S/C19H34O3/c1-2-3-14-17-22-18-15-12-10-8-6-4-5-7-9-11-13-16-19(20)21/h8-11H,2-7,12-18H2,1H3,(H,20,21)/b10-8-,11-9-. The van der Waals surface area contributed by atoms with Crippen molar-refractivity contribution < 1.29 is 14.6 Å². The van der Waals surface area contributed by atoms with Crippen molar-refractivity contribution >= 4 is 5.97 Å². The molecule has 0 aliphatic heterocycles. The highest BCUT2D eigenvalue weighted by Gasteiger charge is 1.91. The molecular formula is C19H34O3. The van der Waals surface area contributed by atoms with Gasteiger partial charge in [0.05, 0.1) is 0 Å². The third-order valence-electron chi connectivity index (χ3n) is 3.40. The maximum absolute atomic E-state index is 10.3. The van der Waals surface area contributed by atoms with Crippen LogP contribution in [0.5, 0.6) is 0 Å². The highest BCUT2D eigenvalue weighted by atomic mass is 16.5. The minimum atomic E-state index is -0.721. The van der Waals surface area contributed by atoms with Gasteiger partial charge in [-0.1, -0.05) is 44.1 Å². The Kier molecular flexibility index (Phi) is 17.1. The molecule has 0 rings (SSSR count). The number of carboxylic acids is 1. The van der Waals surface area contributed by atoms with Gasteiger partial charge in [0.2, 0.25) is 0 Å². The van der Waals surface area contributed by atoms with E-state index in [9.17, 15) is 4.79 Å². The van der Waals surface area contributed by atoms with Gasteiger partial charge in [0.15, 0.2) is 0 Å². The van der Waals surface area contributed by atoms with Gasteiger partial charge in [0.1, 0.15) is 0 Å². The minimum Gasteiger partial charge on any atom is -0.481 e. The van der Waals surface area contributed by atoms with Gasteiger partial charge in [-0.2, -0.15) is 0 Å². The molecule has 3 nitrogen and oxygen atoms in total. The lowest BCUT2D eigenvalue weighted by molar-refractivity contribution is -0.136. The van der Waals surface area contributed by atoms with Gasteiger partial charge in [-0.05, 0) is 51.4 Å². The number of rotatable bonds is 16. The maximum Gasteiger partial charge on any atom is 0.303 e. The number of unbranched alkanes of at least 4 members (excludes halogenated alkanes) is 6. The van der Waals surface area contributed by atoms with E-state index in [1.807, 2.05) is 6.08 Å². The van der Waals surface area contributed by atoms with Gasteiger partial charge in [0.25, 0.3) is 0 Å². The second-order valence-electron chi connectivity index (χ2n) is 5.62. The van der Waals surface area contributed by atoms with E-state index in [0.29, 0.717) is 6.42 Å². The number of ether oxygens (including phenoxy) is 1. The first kappa shape index (κ1) is 20.9. The number of carbonyl (C=O) groups is 1. The van der Waals surface area contributed by atoms with E-state index in [1.54, 1.807) is 0 Å². The van der Waals surface area contributed by atoms with E-state index in [2.05, 4.69) is 25.2 Å². The zero-order valence-corrected chi connectivity index (χ0v) is 14.3. The quantitative estimate of drug-likeness (QED) is 0.302. The molecule has 22 heavy (non-hydrogen) atoms. The fraction of sp³-hybridized carbons (Fsp3) is 0.737. The van der Waals surface area contributed by atoms with E-state index in [-0.39, 0.29) is 6.42 Å². The molecule has 0 aromatic rings. The molecule has 1 N–H and O–H groups in total. The Morgan fingerprint density at radius 2 is 1.36 bits per heavy atom. The van der Waals surface area contributed by atoms with E-state index in [0.717, 1.165) is 38.9 Å². The third kappa shape index (κ3) is 18.9. The minimum absolute atomic E-state index is 0.238. The molecule has 0 aliphatic rings. The molecule has 0 unspecified atom stereocenters. The number of carboxylic acid groups (broad SMARTS) is 1. The molecule has 0 amide bonds. The first-order valence-corrected chi connectivity index (χ1v) is 8.87. The second kappa shape index (κ2) is 18.0. The van der Waals surface area contributed by atoms with Gasteiger partial charge in [0, 0.05) is 19.6 Å². The van der Waals surface area contributed by atoms with Crippen molar-refractivity contribution in [1.29, 1.82) is 0 Å². The Morgan fingerprint density at radius 3 is 1.95 bits per heavy atom. The van der Waals surface area contributed by atoms with E-state index >= 15 is 0 Å². The summed E-state index contributed by atoms with van der Waals surface area (Å²) in [5.74, 6) is -0.721. The molecule has 0 aromatic heterocycles. The van der Waals surface area contributed by atoms with Crippen LogP contribution < -0.4 is 0 Å². The number of allylic oxidation sites excluding steroid dienone is 4. The van der Waals surface area contributed by atoms with Crippen LogP contribution in [0.25, 0.3) is 0 Å². The first-order chi connectivity index (χ1) is 10.8. The van der Waals surface area contributed by atoms with Crippen molar-refractivity contribution in [3.63, 3.8) is 0 Å². The molecule has 0 fully saturated rings. The lowest BCUT2D eigenvalue weighted by atomic mass is 10.1. The molecule has 0 heterocycles. The molecule has 0 radical (unpaired) electrons. The molecule has 128 valence electrons. The molecule has 0 saturated heterocycles. The van der Waals surface area contributed by atoms with Gasteiger partial charge < -0.3 is 9.84 Å². The predicted molar refractivity (Wildman–Crippen MR) is 93.2 cm³/mol. The zero-order valence-electron chi connectivity index (χ0n) is 14.3. The Bertz CT molecular complexity index is 295. The van der Waals surface area contributed by atoms with E-state index in [1.165, 1.54) is 32.1 Å². The smallest absolute Gasteiger partial charge is 0.303 e. The average Bonchev–Trinajstić information content (AvgIpc) is 2.50. The van der Waals surface area contributed by atoms with Crippen LogP contribution in [0.2, 0.25) is 0 Å². The summed E-state index contributed by atoms with van der Waals surface area (Å²) in [6, 6.07) is 0. The van der Waals surface area contributed by atoms with Crippen molar-refractivity contribution in [2.75, 3.05) is 13.2 Å². The zero-order chi connectivity index (χ0) is 16.3. The SMILES string of the molecule is CCCCCOCCC/C=C\CCCC/C=C\CCC(=O)O. The van der Waals surface area contributed by atoms with Crippen molar-refractivity contribution in [3.05, 3.63) is 24.3 Å². The Labute approximate surface area is 136 Å². The summed E-state index contributed by atoms with van der Waals surface area (Å²) in [5, 5.41) is 8.49. The molecule has 0 saturated carbocycles. The van der Waals surface area contributed by atoms with Crippen LogP contribution >= 0.6 is 0 Å². The molecule has 0 spiro atoms. The highest BCUT2D eigenvalue weighted by Crippen LogP contribution is 2.04. The monoisotopic (exact) mass is 310 g/mol. The predicted octanol–water partition coefficient (Wildman–Crippen LogP) is 5.51. The summed E-state index contributed by atoms with van der Waals surface area (Å²) in [7, 11) is 0. The number of hydrogen-bond acceptors (Lipinski definition) is 2. The first-order valence-electron chi connectivity index (χ1n) is 8.87. The van der Waals surface area contributed by atoms with Crippen molar-refractivity contribution in [3.8, 4) is 0 Å². The van der Waals surface area contributed by atoms with Crippen LogP contribution in [0.15, 0.2) is 24.3 Å². The van der Waals surface area contributed by atoms with Crippen LogP contribution in [0, 0.1) is 0 Å². The van der Waals surface area contributed by atoms with Gasteiger partial charge >= 0.3 is 5.97 Å². The molecular weight excluding hydrogens is 276 g/mol. The fourth-order valence-electron chi connectivity index (χ4n) is 2.06. The van der Waals surface area contributed by atoms with E-state index in [4.69, 9.17) is 9.84 Å². The Morgan fingerprint density at radius 1 is 0.818 bits per heavy atom. The summed E-state index contributed by atoms with van der Waals surface area (Å²) in [4.78, 5) is 10.3. The lowest BCUT2D eigenvalue weighted by Crippen LogP contribution is -1.96. The number of hydrogen-bond donors (Lipinski definition) is 1. The average molecular weight is 310 g/mol. The van der Waals surface area contributed by atoms with Crippen molar-refractivity contribution in [2.24, 2.45) is 0 Å². The van der Waals surface area contributed by atoms with Crippen molar-refractivity contribution in [1.82, 2.24) is 0 Å². The van der Waals surface area contributed by atoms with Crippen LogP contribution in [-0.4, -0.2) is 24.3 Å². The normalized spacial score (nSPS) is 11.7. The summed E-state index contributed by atoms with van der Waals surface area (Å²) >= 11 is 0. The topological polar surface area (TPSA) is 46.5 Å². The number of aliphatic carboxylic acids is 1. The van der Waals surface area contributed by atoms with Crippen LogP contribution in [0.4, 0.5) is 0 Å². The molecule has 0 aromatic carbocycles. The van der Waals surface area contributed by atoms with Crippen LogP contribution in [-0.2, 0) is 9.53 Å². The largest absolute Gasteiger partial charge is 0.481 e. The van der Waals surface area contributed by atoms with Gasteiger partial charge in [-0.15, -0.1) is 0 Å². The summed E-state index contributed by atoms with van der Waals surface area (Å²) < 4.78 is 5.56. The van der Waals surface area contributed by atoms with Crippen LogP contribution in [0.1, 0.15) is 77.6 Å². The van der Waals surface area contributed by atoms with Gasteiger partial charge in [-0.25, -0.2) is 0 Å².